The summed E-state index contributed by atoms with van der Waals surface area (Å²) >= 11 is 6.05. The van der Waals surface area contributed by atoms with Gasteiger partial charge in [-0.25, -0.2) is 9.67 Å². The molecule has 0 bridgehead atoms. The minimum absolute atomic E-state index is 0.272. The Morgan fingerprint density at radius 1 is 1.36 bits per heavy atom. The molecule has 8 heteroatoms. The van der Waals surface area contributed by atoms with Crippen molar-refractivity contribution in [1.82, 2.24) is 19.7 Å². The average molecular weight is 361 g/mol. The molecule has 0 saturated carbocycles. The first-order valence-electron chi connectivity index (χ1n) is 7.66. The van der Waals surface area contributed by atoms with Crippen LogP contribution < -0.4 is 5.56 Å². The van der Waals surface area contributed by atoms with Crippen LogP contribution in [0.2, 0.25) is 5.02 Å². The highest BCUT2D eigenvalue weighted by atomic mass is 35.5. The number of carbonyl (C=O) groups excluding carboxylic acids is 1. The van der Waals surface area contributed by atoms with Crippen molar-refractivity contribution >= 4 is 28.6 Å². The van der Waals surface area contributed by atoms with E-state index < -0.39 is 17.1 Å². The summed E-state index contributed by atoms with van der Waals surface area (Å²) < 4.78 is 6.34. The fourth-order valence-electron chi connectivity index (χ4n) is 2.41. The van der Waals surface area contributed by atoms with Crippen LogP contribution in [0.25, 0.3) is 22.3 Å². The third kappa shape index (κ3) is 3.71. The average Bonchev–Trinajstić information content (AvgIpc) is 2.98. The van der Waals surface area contributed by atoms with Gasteiger partial charge in [-0.2, -0.15) is 5.10 Å². The fraction of sp³-hybridized carbons (Fsp3) is 0.294. The number of halogens is 1. The lowest BCUT2D eigenvalue weighted by Gasteiger charge is -2.19. The van der Waals surface area contributed by atoms with Crippen molar-refractivity contribution in [2.45, 2.75) is 32.9 Å². The number of aromatic amines is 1. The SMILES string of the molecule is CC(C)(C)OC(=O)Cn1nc(-c2cccc(Cl)c2)c2nc[nH]c2c1=O. The van der Waals surface area contributed by atoms with Gasteiger partial charge in [0.25, 0.3) is 5.56 Å². The third-order valence-electron chi connectivity index (χ3n) is 3.33. The number of rotatable bonds is 3. The molecular weight excluding hydrogens is 344 g/mol. The van der Waals surface area contributed by atoms with Gasteiger partial charge in [-0.05, 0) is 32.9 Å². The standard InChI is InChI=1S/C17H17ClN4O3/c1-17(2,3)25-12(23)8-22-16(24)15-14(19-9-20-15)13(21-22)10-5-4-6-11(18)7-10/h4-7,9H,8H2,1-3H3,(H,19,20). The first-order valence-corrected chi connectivity index (χ1v) is 8.04. The van der Waals surface area contributed by atoms with Crippen LogP contribution in [0.3, 0.4) is 0 Å². The molecule has 0 radical (unpaired) electrons. The normalized spacial score (nSPS) is 11.7. The molecule has 0 saturated heterocycles. The van der Waals surface area contributed by atoms with Gasteiger partial charge >= 0.3 is 5.97 Å². The number of ether oxygens (including phenoxy) is 1. The van der Waals surface area contributed by atoms with Crippen molar-refractivity contribution < 1.29 is 9.53 Å². The molecule has 0 aliphatic carbocycles. The highest BCUT2D eigenvalue weighted by Crippen LogP contribution is 2.25. The molecule has 130 valence electrons. The van der Waals surface area contributed by atoms with E-state index in [-0.39, 0.29) is 12.1 Å². The van der Waals surface area contributed by atoms with Crippen LogP contribution in [0.5, 0.6) is 0 Å². The molecule has 0 aliphatic rings. The van der Waals surface area contributed by atoms with Crippen molar-refractivity contribution in [1.29, 1.82) is 0 Å². The Hall–Kier alpha value is -2.67. The number of nitrogens with zero attached hydrogens (tertiary/aromatic N) is 3. The Morgan fingerprint density at radius 2 is 2.12 bits per heavy atom. The molecule has 0 atom stereocenters. The number of nitrogens with one attached hydrogen (secondary N) is 1. The van der Waals surface area contributed by atoms with Crippen molar-refractivity contribution in [2.24, 2.45) is 0 Å². The maximum Gasteiger partial charge on any atom is 0.328 e. The fourth-order valence-corrected chi connectivity index (χ4v) is 2.60. The number of hydrogen-bond acceptors (Lipinski definition) is 5. The highest BCUT2D eigenvalue weighted by molar-refractivity contribution is 6.30. The number of benzene rings is 1. The van der Waals surface area contributed by atoms with Crippen LogP contribution in [0, 0.1) is 0 Å². The van der Waals surface area contributed by atoms with Crippen LogP contribution >= 0.6 is 11.6 Å². The van der Waals surface area contributed by atoms with Gasteiger partial charge in [0, 0.05) is 10.6 Å². The van der Waals surface area contributed by atoms with Gasteiger partial charge < -0.3 is 9.72 Å². The van der Waals surface area contributed by atoms with Gasteiger partial charge in [0.1, 0.15) is 28.9 Å². The molecule has 1 aromatic carbocycles. The minimum Gasteiger partial charge on any atom is -0.459 e. The molecule has 3 aromatic rings. The second kappa shape index (κ2) is 6.33. The molecule has 7 nitrogen and oxygen atoms in total. The maximum atomic E-state index is 12.5. The summed E-state index contributed by atoms with van der Waals surface area (Å²) in [5.74, 6) is -0.544. The quantitative estimate of drug-likeness (QED) is 0.725. The monoisotopic (exact) mass is 360 g/mol. The summed E-state index contributed by atoms with van der Waals surface area (Å²) in [6.45, 7) is 4.99. The summed E-state index contributed by atoms with van der Waals surface area (Å²) in [5, 5.41) is 4.85. The van der Waals surface area contributed by atoms with Crippen molar-refractivity contribution in [3.05, 3.63) is 46.0 Å². The molecule has 2 aromatic heterocycles. The lowest BCUT2D eigenvalue weighted by molar-refractivity contribution is -0.155. The number of fused-ring (bicyclic) bond motifs is 1. The predicted molar refractivity (Wildman–Crippen MR) is 94.4 cm³/mol. The van der Waals surface area contributed by atoms with E-state index in [0.717, 1.165) is 4.68 Å². The van der Waals surface area contributed by atoms with Gasteiger partial charge in [-0.3, -0.25) is 9.59 Å². The van der Waals surface area contributed by atoms with Crippen LogP contribution in [-0.2, 0) is 16.1 Å². The van der Waals surface area contributed by atoms with Gasteiger partial charge in [0.05, 0.1) is 6.33 Å². The van der Waals surface area contributed by atoms with E-state index in [4.69, 9.17) is 16.3 Å². The number of carbonyl (C=O) groups is 1. The summed E-state index contributed by atoms with van der Waals surface area (Å²) in [5.41, 5.74) is 0.768. The van der Waals surface area contributed by atoms with Crippen LogP contribution in [0.1, 0.15) is 20.8 Å². The van der Waals surface area contributed by atoms with E-state index in [0.29, 0.717) is 21.8 Å². The van der Waals surface area contributed by atoms with Gasteiger partial charge in [-0.15, -0.1) is 0 Å². The first-order chi connectivity index (χ1) is 11.7. The van der Waals surface area contributed by atoms with Gasteiger partial charge in [-0.1, -0.05) is 23.7 Å². The highest BCUT2D eigenvalue weighted by Gasteiger charge is 2.20. The predicted octanol–water partition coefficient (Wildman–Crippen LogP) is 2.78. The molecule has 0 unspecified atom stereocenters. The van der Waals surface area contributed by atoms with Crippen molar-refractivity contribution in [2.75, 3.05) is 0 Å². The molecule has 2 heterocycles. The zero-order valence-corrected chi connectivity index (χ0v) is 14.8. The largest absolute Gasteiger partial charge is 0.459 e. The Labute approximate surface area is 148 Å². The van der Waals surface area contributed by atoms with Gasteiger partial charge in [0.2, 0.25) is 0 Å². The number of H-pyrrole nitrogens is 1. The molecule has 0 spiro atoms. The maximum absolute atomic E-state index is 12.5. The topological polar surface area (TPSA) is 89.9 Å². The number of imidazole rings is 1. The Bertz CT molecular complexity index is 1000. The van der Waals surface area contributed by atoms with Crippen molar-refractivity contribution in [3.63, 3.8) is 0 Å². The number of hydrogen-bond donors (Lipinski definition) is 1. The Kier molecular flexibility index (Phi) is 4.34. The zero-order valence-electron chi connectivity index (χ0n) is 14.0. The summed E-state index contributed by atoms with van der Waals surface area (Å²) in [6.07, 6.45) is 1.42. The molecule has 0 fully saturated rings. The first kappa shape index (κ1) is 17.2. The molecular formula is C17H17ClN4O3. The second-order valence-corrected chi connectivity index (χ2v) is 6.97. The van der Waals surface area contributed by atoms with Crippen molar-refractivity contribution in [3.8, 4) is 11.3 Å². The molecule has 25 heavy (non-hydrogen) atoms. The number of esters is 1. The summed E-state index contributed by atoms with van der Waals surface area (Å²) in [7, 11) is 0. The van der Waals surface area contributed by atoms with E-state index in [1.54, 1.807) is 39.0 Å². The molecule has 3 rings (SSSR count). The third-order valence-corrected chi connectivity index (χ3v) is 3.56. The second-order valence-electron chi connectivity index (χ2n) is 6.53. The Balaban J connectivity index is 2.10. The molecule has 0 aliphatic heterocycles. The minimum atomic E-state index is -0.644. The lowest BCUT2D eigenvalue weighted by atomic mass is 10.1. The van der Waals surface area contributed by atoms with Gasteiger partial charge in [0.15, 0.2) is 0 Å². The Morgan fingerprint density at radius 3 is 2.80 bits per heavy atom. The zero-order chi connectivity index (χ0) is 18.2. The van der Waals surface area contributed by atoms with E-state index >= 15 is 0 Å². The smallest absolute Gasteiger partial charge is 0.328 e. The molecule has 0 amide bonds. The number of aromatic nitrogens is 4. The summed E-state index contributed by atoms with van der Waals surface area (Å²) in [6, 6.07) is 7.05. The van der Waals surface area contributed by atoms with E-state index in [1.807, 2.05) is 6.07 Å². The van der Waals surface area contributed by atoms with Crippen LogP contribution in [0.4, 0.5) is 0 Å². The van der Waals surface area contributed by atoms with Crippen LogP contribution in [0.15, 0.2) is 35.4 Å². The summed E-state index contributed by atoms with van der Waals surface area (Å²) in [4.78, 5) is 31.6. The molecule has 1 N–H and O–H groups in total. The van der Waals surface area contributed by atoms with E-state index in [1.165, 1.54) is 6.33 Å². The van der Waals surface area contributed by atoms with E-state index in [9.17, 15) is 9.59 Å². The van der Waals surface area contributed by atoms with E-state index in [2.05, 4.69) is 15.1 Å². The lowest BCUT2D eigenvalue weighted by Crippen LogP contribution is -2.32. The van der Waals surface area contributed by atoms with Crippen LogP contribution in [-0.4, -0.2) is 31.3 Å².